The van der Waals surface area contributed by atoms with Gasteiger partial charge >= 0.3 is 0 Å². The number of fused-ring (bicyclic) bond motifs is 1. The molecule has 1 unspecified atom stereocenters. The maximum atomic E-state index is 6.38. The molecule has 2 N–H and O–H groups in total. The van der Waals surface area contributed by atoms with Crippen molar-refractivity contribution in [2.75, 3.05) is 13.2 Å². The average molecular weight is 434 g/mol. The van der Waals surface area contributed by atoms with E-state index in [9.17, 15) is 0 Å². The minimum atomic E-state index is -0.288. The van der Waals surface area contributed by atoms with Gasteiger partial charge in [-0.3, -0.25) is 0 Å². The van der Waals surface area contributed by atoms with E-state index in [2.05, 4.69) is 31.9 Å². The van der Waals surface area contributed by atoms with Crippen molar-refractivity contribution >= 4 is 43.5 Å². The second-order valence-electron chi connectivity index (χ2n) is 4.67. The number of hydrogen-bond donors (Lipinski definition) is 1. The van der Waals surface area contributed by atoms with Gasteiger partial charge in [0.1, 0.15) is 13.2 Å². The van der Waals surface area contributed by atoms with Crippen LogP contribution >= 0.6 is 43.5 Å². The number of benzene rings is 2. The van der Waals surface area contributed by atoms with Crippen LogP contribution in [0.15, 0.2) is 39.3 Å². The first-order chi connectivity index (χ1) is 10.1. The SMILES string of the molecule is NC(c1ccc(Cl)c(Br)c1)c1cc2c(cc1Br)OCCO2. The lowest BCUT2D eigenvalue weighted by molar-refractivity contribution is 0.171. The molecule has 0 aromatic heterocycles. The topological polar surface area (TPSA) is 44.5 Å². The third kappa shape index (κ3) is 3.06. The number of rotatable bonds is 2. The molecule has 3 rings (SSSR count). The molecule has 3 nitrogen and oxygen atoms in total. The van der Waals surface area contributed by atoms with Gasteiger partial charge in [-0.05, 0) is 51.3 Å². The van der Waals surface area contributed by atoms with E-state index >= 15 is 0 Å². The maximum Gasteiger partial charge on any atom is 0.162 e. The second kappa shape index (κ2) is 6.16. The molecule has 110 valence electrons. The highest BCUT2D eigenvalue weighted by molar-refractivity contribution is 9.10. The van der Waals surface area contributed by atoms with E-state index in [1.54, 1.807) is 0 Å². The lowest BCUT2D eigenvalue weighted by atomic mass is 9.99. The predicted molar refractivity (Wildman–Crippen MR) is 90.3 cm³/mol. The van der Waals surface area contributed by atoms with Gasteiger partial charge < -0.3 is 15.2 Å². The van der Waals surface area contributed by atoms with Crippen LogP contribution in [-0.2, 0) is 0 Å². The molecule has 6 heteroatoms. The Balaban J connectivity index is 2.00. The summed E-state index contributed by atoms with van der Waals surface area (Å²) in [6.07, 6.45) is 0. The number of ether oxygens (including phenoxy) is 2. The molecule has 0 saturated heterocycles. The van der Waals surface area contributed by atoms with Crippen molar-refractivity contribution in [2.45, 2.75) is 6.04 Å². The molecule has 0 aliphatic carbocycles. The first-order valence-electron chi connectivity index (χ1n) is 6.36. The monoisotopic (exact) mass is 431 g/mol. The molecule has 0 spiro atoms. The molecule has 21 heavy (non-hydrogen) atoms. The average Bonchev–Trinajstić information content (AvgIpc) is 2.48. The molecule has 0 saturated carbocycles. The Morgan fingerprint density at radius 2 is 1.67 bits per heavy atom. The van der Waals surface area contributed by atoms with Crippen LogP contribution in [-0.4, -0.2) is 13.2 Å². The van der Waals surface area contributed by atoms with Crippen molar-refractivity contribution in [3.63, 3.8) is 0 Å². The Labute approximate surface area is 144 Å². The number of halogens is 3. The molecular weight excluding hydrogens is 421 g/mol. The van der Waals surface area contributed by atoms with Crippen LogP contribution in [0.4, 0.5) is 0 Å². The van der Waals surface area contributed by atoms with Crippen molar-refractivity contribution in [1.82, 2.24) is 0 Å². The van der Waals surface area contributed by atoms with Crippen molar-refractivity contribution < 1.29 is 9.47 Å². The van der Waals surface area contributed by atoms with Gasteiger partial charge in [-0.2, -0.15) is 0 Å². The molecule has 2 aromatic carbocycles. The highest BCUT2D eigenvalue weighted by Gasteiger charge is 2.19. The first-order valence-corrected chi connectivity index (χ1v) is 8.32. The van der Waals surface area contributed by atoms with Crippen LogP contribution in [0, 0.1) is 0 Å². The van der Waals surface area contributed by atoms with E-state index in [0.717, 1.165) is 31.6 Å². The highest BCUT2D eigenvalue weighted by Crippen LogP contribution is 2.39. The Hall–Kier alpha value is -0.750. The number of hydrogen-bond acceptors (Lipinski definition) is 3. The summed E-state index contributed by atoms with van der Waals surface area (Å²) in [5.41, 5.74) is 8.28. The summed E-state index contributed by atoms with van der Waals surface area (Å²) >= 11 is 13.0. The van der Waals surface area contributed by atoms with Crippen LogP contribution in [0.1, 0.15) is 17.2 Å². The predicted octanol–water partition coefficient (Wildman–Crippen LogP) is 4.68. The van der Waals surface area contributed by atoms with Crippen molar-refractivity contribution in [2.24, 2.45) is 5.73 Å². The zero-order valence-corrected chi connectivity index (χ0v) is 14.8. The molecule has 1 aliphatic rings. The van der Waals surface area contributed by atoms with Gasteiger partial charge in [0.25, 0.3) is 0 Å². The molecule has 0 fully saturated rings. The van der Waals surface area contributed by atoms with Crippen molar-refractivity contribution in [1.29, 1.82) is 0 Å². The zero-order chi connectivity index (χ0) is 15.0. The fraction of sp³-hybridized carbons (Fsp3) is 0.200. The van der Waals surface area contributed by atoms with Crippen molar-refractivity contribution in [3.05, 3.63) is 55.4 Å². The van der Waals surface area contributed by atoms with E-state index in [1.807, 2.05) is 30.3 Å². The molecule has 0 bridgehead atoms. The molecule has 1 atom stereocenters. The molecule has 0 amide bonds. The third-order valence-electron chi connectivity index (χ3n) is 3.30. The quantitative estimate of drug-likeness (QED) is 0.748. The molecule has 1 heterocycles. The fourth-order valence-corrected chi connectivity index (χ4v) is 3.29. The van der Waals surface area contributed by atoms with Gasteiger partial charge in [0.15, 0.2) is 11.5 Å². The van der Waals surface area contributed by atoms with Crippen LogP contribution < -0.4 is 15.2 Å². The molecule has 0 radical (unpaired) electrons. The third-order valence-corrected chi connectivity index (χ3v) is 5.20. The molecule has 2 aromatic rings. The van der Waals surface area contributed by atoms with Gasteiger partial charge in [-0.1, -0.05) is 33.6 Å². The summed E-state index contributed by atoms with van der Waals surface area (Å²) in [4.78, 5) is 0. The van der Waals surface area contributed by atoms with Gasteiger partial charge in [-0.25, -0.2) is 0 Å². The van der Waals surface area contributed by atoms with Gasteiger partial charge in [-0.15, -0.1) is 0 Å². The standard InChI is InChI=1S/C15H12Br2ClNO2/c16-10-7-14-13(20-3-4-21-14)6-9(10)15(19)8-1-2-12(18)11(17)5-8/h1-2,5-7,15H,3-4,19H2. The maximum absolute atomic E-state index is 6.38. The zero-order valence-electron chi connectivity index (χ0n) is 10.9. The second-order valence-corrected chi connectivity index (χ2v) is 6.78. The van der Waals surface area contributed by atoms with Crippen LogP contribution in [0.3, 0.4) is 0 Å². The number of nitrogens with two attached hydrogens (primary N) is 1. The first kappa shape index (κ1) is 15.2. The lowest BCUT2D eigenvalue weighted by Crippen LogP contribution is -2.17. The largest absolute Gasteiger partial charge is 0.486 e. The summed E-state index contributed by atoms with van der Waals surface area (Å²) in [5, 5.41) is 0.659. The van der Waals surface area contributed by atoms with Gasteiger partial charge in [0.2, 0.25) is 0 Å². The van der Waals surface area contributed by atoms with Crippen LogP contribution in [0.5, 0.6) is 11.5 Å². The minimum Gasteiger partial charge on any atom is -0.486 e. The highest BCUT2D eigenvalue weighted by atomic mass is 79.9. The van der Waals surface area contributed by atoms with E-state index < -0.39 is 0 Å². The van der Waals surface area contributed by atoms with Gasteiger partial charge in [0.05, 0.1) is 11.1 Å². The summed E-state index contributed by atoms with van der Waals surface area (Å²) < 4.78 is 12.9. The summed E-state index contributed by atoms with van der Waals surface area (Å²) in [7, 11) is 0. The van der Waals surface area contributed by atoms with E-state index in [0.29, 0.717) is 18.2 Å². The fourth-order valence-electron chi connectivity index (χ4n) is 2.20. The minimum absolute atomic E-state index is 0.288. The van der Waals surface area contributed by atoms with Crippen LogP contribution in [0.2, 0.25) is 5.02 Å². The Bertz CT molecular complexity index is 694. The lowest BCUT2D eigenvalue weighted by Gasteiger charge is -2.22. The molecular formula is C15H12Br2ClNO2. The summed E-state index contributed by atoms with van der Waals surface area (Å²) in [6.45, 7) is 1.12. The summed E-state index contributed by atoms with van der Waals surface area (Å²) in [6, 6.07) is 9.20. The smallest absolute Gasteiger partial charge is 0.162 e. The Morgan fingerprint density at radius 3 is 2.33 bits per heavy atom. The Kier molecular flexibility index (Phi) is 4.45. The van der Waals surface area contributed by atoms with Crippen LogP contribution in [0.25, 0.3) is 0 Å². The van der Waals surface area contributed by atoms with Crippen molar-refractivity contribution in [3.8, 4) is 11.5 Å². The molecule has 1 aliphatic heterocycles. The normalized spacial score (nSPS) is 14.9. The Morgan fingerprint density at radius 1 is 1.00 bits per heavy atom. The summed E-state index contributed by atoms with van der Waals surface area (Å²) in [5.74, 6) is 1.46. The van der Waals surface area contributed by atoms with Gasteiger partial charge in [0, 0.05) is 8.95 Å². The van der Waals surface area contributed by atoms with E-state index in [-0.39, 0.29) is 6.04 Å². The van der Waals surface area contributed by atoms with E-state index in [4.69, 9.17) is 26.8 Å². The van der Waals surface area contributed by atoms with E-state index in [1.165, 1.54) is 0 Å².